The SMILES string of the molecule is C/C=C\C1=C(C)C2(c3ccc(-c4ccccc4-c4ccc(-c5ccccn5)cc4)cc31)c1ccccc1N(c1ccccc1)c1ccccc12. The highest BCUT2D eigenvalue weighted by molar-refractivity contribution is 5.98. The number of allylic oxidation sites excluding steroid dienone is 4. The zero-order valence-electron chi connectivity index (χ0n) is 28.2. The molecule has 7 aromatic rings. The molecule has 1 aliphatic heterocycles. The second-order valence-electron chi connectivity index (χ2n) is 13.1. The van der Waals surface area contributed by atoms with E-state index in [2.05, 4.69) is 188 Å². The fourth-order valence-corrected chi connectivity index (χ4v) is 8.39. The van der Waals surface area contributed by atoms with Crippen LogP contribution in [0.15, 0.2) is 188 Å². The van der Waals surface area contributed by atoms with Gasteiger partial charge in [-0.3, -0.25) is 4.98 Å². The summed E-state index contributed by atoms with van der Waals surface area (Å²) in [5, 5.41) is 0. The van der Waals surface area contributed by atoms with Crippen LogP contribution in [0.2, 0.25) is 0 Å². The topological polar surface area (TPSA) is 16.1 Å². The van der Waals surface area contributed by atoms with Gasteiger partial charge in [0.1, 0.15) is 0 Å². The van der Waals surface area contributed by atoms with Gasteiger partial charge in [-0.25, -0.2) is 0 Å². The van der Waals surface area contributed by atoms with Crippen molar-refractivity contribution in [2.45, 2.75) is 19.3 Å². The smallest absolute Gasteiger partial charge is 0.0714 e. The largest absolute Gasteiger partial charge is 0.310 e. The van der Waals surface area contributed by atoms with E-state index < -0.39 is 5.41 Å². The number of hydrogen-bond acceptors (Lipinski definition) is 2. The van der Waals surface area contributed by atoms with Crippen LogP contribution >= 0.6 is 0 Å². The zero-order valence-corrected chi connectivity index (χ0v) is 28.2. The van der Waals surface area contributed by atoms with Crippen LogP contribution in [0, 0.1) is 0 Å². The molecule has 2 aliphatic rings. The lowest BCUT2D eigenvalue weighted by molar-refractivity contribution is 0.729. The third-order valence-electron chi connectivity index (χ3n) is 10.5. The quantitative estimate of drug-likeness (QED) is 0.186. The Morgan fingerprint density at radius 2 is 1.10 bits per heavy atom. The molecular formula is C48H36N2. The van der Waals surface area contributed by atoms with Crippen molar-refractivity contribution >= 4 is 22.6 Å². The van der Waals surface area contributed by atoms with Crippen molar-refractivity contribution in [3.8, 4) is 33.5 Å². The summed E-state index contributed by atoms with van der Waals surface area (Å²) in [4.78, 5) is 6.98. The molecule has 2 heterocycles. The molecule has 50 heavy (non-hydrogen) atoms. The van der Waals surface area contributed by atoms with Crippen molar-refractivity contribution in [1.82, 2.24) is 4.98 Å². The molecule has 0 radical (unpaired) electrons. The minimum atomic E-state index is -0.429. The average Bonchev–Trinajstić information content (AvgIpc) is 3.42. The minimum Gasteiger partial charge on any atom is -0.310 e. The second-order valence-corrected chi connectivity index (χ2v) is 13.1. The van der Waals surface area contributed by atoms with E-state index in [1.165, 1.54) is 67.0 Å². The van der Waals surface area contributed by atoms with Gasteiger partial charge >= 0.3 is 0 Å². The molecule has 0 amide bonds. The first-order chi connectivity index (χ1) is 24.7. The minimum absolute atomic E-state index is 0.429. The van der Waals surface area contributed by atoms with Gasteiger partial charge < -0.3 is 4.90 Å². The van der Waals surface area contributed by atoms with E-state index in [1.807, 2.05) is 18.3 Å². The lowest BCUT2D eigenvalue weighted by Gasteiger charge is -2.45. The van der Waals surface area contributed by atoms with Gasteiger partial charge in [-0.15, -0.1) is 0 Å². The lowest BCUT2D eigenvalue weighted by atomic mass is 9.64. The molecule has 1 spiro atoms. The first kappa shape index (κ1) is 29.9. The number of nitrogens with zero attached hydrogens (tertiary/aromatic N) is 2. The average molecular weight is 641 g/mol. The fraction of sp³-hybridized carbons (Fsp3) is 0.0625. The first-order valence-corrected chi connectivity index (χ1v) is 17.3. The Labute approximate surface area is 294 Å². The highest BCUT2D eigenvalue weighted by Crippen LogP contribution is 2.62. The van der Waals surface area contributed by atoms with Gasteiger partial charge in [0.2, 0.25) is 0 Å². The number of fused-ring (bicyclic) bond motifs is 6. The monoisotopic (exact) mass is 640 g/mol. The molecular weight excluding hydrogens is 605 g/mol. The van der Waals surface area contributed by atoms with Crippen molar-refractivity contribution in [3.05, 3.63) is 210 Å². The van der Waals surface area contributed by atoms with E-state index in [-0.39, 0.29) is 0 Å². The van der Waals surface area contributed by atoms with Crippen LogP contribution in [0.25, 0.3) is 39.1 Å². The van der Waals surface area contributed by atoms with Crippen LogP contribution in [0.4, 0.5) is 17.1 Å². The molecule has 0 saturated carbocycles. The van der Waals surface area contributed by atoms with Crippen molar-refractivity contribution in [2.24, 2.45) is 0 Å². The van der Waals surface area contributed by atoms with E-state index in [1.54, 1.807) is 0 Å². The second kappa shape index (κ2) is 12.0. The predicted molar refractivity (Wildman–Crippen MR) is 209 cm³/mol. The van der Waals surface area contributed by atoms with Crippen molar-refractivity contribution in [2.75, 3.05) is 4.90 Å². The van der Waals surface area contributed by atoms with E-state index in [4.69, 9.17) is 0 Å². The van der Waals surface area contributed by atoms with Gasteiger partial charge in [-0.1, -0.05) is 133 Å². The third-order valence-corrected chi connectivity index (χ3v) is 10.5. The molecule has 6 aromatic carbocycles. The molecule has 2 nitrogen and oxygen atoms in total. The number of hydrogen-bond donors (Lipinski definition) is 0. The maximum absolute atomic E-state index is 4.55. The maximum Gasteiger partial charge on any atom is 0.0714 e. The molecule has 0 atom stereocenters. The molecule has 9 rings (SSSR count). The predicted octanol–water partition coefficient (Wildman–Crippen LogP) is 12.6. The number of anilines is 3. The van der Waals surface area contributed by atoms with Crippen molar-refractivity contribution < 1.29 is 0 Å². The van der Waals surface area contributed by atoms with E-state index >= 15 is 0 Å². The lowest BCUT2D eigenvalue weighted by Crippen LogP contribution is -2.36. The summed E-state index contributed by atoms with van der Waals surface area (Å²) in [5.74, 6) is 0. The summed E-state index contributed by atoms with van der Waals surface area (Å²) < 4.78 is 0. The van der Waals surface area contributed by atoms with Crippen LogP contribution in [0.5, 0.6) is 0 Å². The van der Waals surface area contributed by atoms with Crippen molar-refractivity contribution in [1.29, 1.82) is 0 Å². The molecule has 238 valence electrons. The van der Waals surface area contributed by atoms with Gasteiger partial charge in [0.25, 0.3) is 0 Å². The van der Waals surface area contributed by atoms with Crippen molar-refractivity contribution in [3.63, 3.8) is 0 Å². The number of rotatable bonds is 5. The van der Waals surface area contributed by atoms with Crippen LogP contribution in [0.3, 0.4) is 0 Å². The van der Waals surface area contributed by atoms with E-state index in [0.29, 0.717) is 0 Å². The van der Waals surface area contributed by atoms with Gasteiger partial charge in [0, 0.05) is 17.4 Å². The molecule has 0 fully saturated rings. The van der Waals surface area contributed by atoms with Gasteiger partial charge in [-0.2, -0.15) is 0 Å². The molecule has 0 saturated heterocycles. The Bertz CT molecular complexity index is 2390. The number of para-hydroxylation sites is 3. The Morgan fingerprint density at radius 3 is 1.76 bits per heavy atom. The van der Waals surface area contributed by atoms with Crippen LogP contribution in [-0.2, 0) is 5.41 Å². The highest BCUT2D eigenvalue weighted by Gasteiger charge is 2.51. The molecule has 0 N–H and O–H groups in total. The molecule has 0 bridgehead atoms. The number of aromatic nitrogens is 1. The number of benzene rings is 6. The molecule has 0 unspecified atom stereocenters. The molecule has 1 aromatic heterocycles. The molecule has 2 heteroatoms. The summed E-state index contributed by atoms with van der Waals surface area (Å²) in [5.41, 5.74) is 18.0. The Balaban J connectivity index is 1.23. The highest BCUT2D eigenvalue weighted by atomic mass is 15.2. The summed E-state index contributed by atoms with van der Waals surface area (Å²) in [6.07, 6.45) is 6.34. The Hall–Kier alpha value is -6.25. The van der Waals surface area contributed by atoms with Gasteiger partial charge in [-0.05, 0) is 112 Å². The van der Waals surface area contributed by atoms with Crippen LogP contribution in [-0.4, -0.2) is 4.98 Å². The maximum atomic E-state index is 4.55. The molecule has 1 aliphatic carbocycles. The third kappa shape index (κ3) is 4.45. The summed E-state index contributed by atoms with van der Waals surface area (Å²) in [6, 6.07) is 59.5. The summed E-state index contributed by atoms with van der Waals surface area (Å²) in [7, 11) is 0. The van der Waals surface area contributed by atoms with Crippen LogP contribution < -0.4 is 4.90 Å². The summed E-state index contributed by atoms with van der Waals surface area (Å²) >= 11 is 0. The van der Waals surface area contributed by atoms with Crippen LogP contribution in [0.1, 0.15) is 36.1 Å². The zero-order chi connectivity index (χ0) is 33.7. The van der Waals surface area contributed by atoms with Gasteiger partial charge in [0.05, 0.1) is 22.5 Å². The normalized spacial score (nSPS) is 14.2. The first-order valence-electron chi connectivity index (χ1n) is 17.3. The van der Waals surface area contributed by atoms with E-state index in [9.17, 15) is 0 Å². The standard InChI is InChI=1S/C48H36N2/c1-3-15-38-33(2)48(43-20-9-11-23-46(43)50(37-16-5-4-6-17-37)47-24-12-10-21-44(47)48)42-30-29-36(32-41(38)42)40-19-8-7-18-39(40)34-25-27-35(28-26-34)45-22-13-14-31-49-45/h3-32H,1-2H3/b15-3-. The fourth-order valence-electron chi connectivity index (χ4n) is 8.39. The summed E-state index contributed by atoms with van der Waals surface area (Å²) in [6.45, 7) is 4.47. The van der Waals surface area contributed by atoms with Gasteiger partial charge in [0.15, 0.2) is 0 Å². The Morgan fingerprint density at radius 1 is 0.520 bits per heavy atom. The Kier molecular flexibility index (Phi) is 7.17. The number of pyridine rings is 1. The van der Waals surface area contributed by atoms with E-state index in [0.717, 1.165) is 16.9 Å².